The lowest BCUT2D eigenvalue weighted by Crippen LogP contribution is -2.28. The van der Waals surface area contributed by atoms with Gasteiger partial charge in [0.1, 0.15) is 11.3 Å². The third-order valence-electron chi connectivity index (χ3n) is 5.09. The molecule has 0 bridgehead atoms. The summed E-state index contributed by atoms with van der Waals surface area (Å²) in [7, 11) is 0. The van der Waals surface area contributed by atoms with Crippen LogP contribution in [-0.4, -0.2) is 17.4 Å². The van der Waals surface area contributed by atoms with E-state index in [9.17, 15) is 19.7 Å². The van der Waals surface area contributed by atoms with E-state index in [1.54, 1.807) is 30.3 Å². The molecule has 1 heterocycles. The smallest absolute Gasteiger partial charge is 0.336 e. The standard InChI is InChI=1S/C25H20N2O6/c1-16-2-4-17(5-3-16)14-26-24(28)15-32-20-10-11-21-22(13-25(29)33-23(21)12-20)18-6-8-19(9-7-18)27(30)31/h2-13H,14-15H2,1H3,(H,26,28). The van der Waals surface area contributed by atoms with Gasteiger partial charge in [-0.3, -0.25) is 14.9 Å². The van der Waals surface area contributed by atoms with Crippen LogP contribution in [0.1, 0.15) is 11.1 Å². The van der Waals surface area contributed by atoms with Gasteiger partial charge >= 0.3 is 5.63 Å². The molecule has 0 spiro atoms. The molecule has 33 heavy (non-hydrogen) atoms. The summed E-state index contributed by atoms with van der Waals surface area (Å²) in [6, 6.07) is 20.0. The van der Waals surface area contributed by atoms with E-state index in [-0.39, 0.29) is 23.8 Å². The normalized spacial score (nSPS) is 10.7. The molecule has 1 amide bonds. The Labute approximate surface area is 188 Å². The highest BCUT2D eigenvalue weighted by Gasteiger charge is 2.12. The zero-order valence-electron chi connectivity index (χ0n) is 17.7. The van der Waals surface area contributed by atoms with Crippen molar-refractivity contribution in [1.82, 2.24) is 5.32 Å². The van der Waals surface area contributed by atoms with E-state index in [0.29, 0.717) is 28.8 Å². The first-order chi connectivity index (χ1) is 15.9. The van der Waals surface area contributed by atoms with Gasteiger partial charge in [0.2, 0.25) is 0 Å². The molecule has 0 saturated heterocycles. The van der Waals surface area contributed by atoms with Gasteiger partial charge in [0.25, 0.3) is 11.6 Å². The largest absolute Gasteiger partial charge is 0.484 e. The van der Waals surface area contributed by atoms with Gasteiger partial charge in [0, 0.05) is 36.2 Å². The van der Waals surface area contributed by atoms with Gasteiger partial charge in [-0.15, -0.1) is 0 Å². The van der Waals surface area contributed by atoms with Crippen molar-refractivity contribution >= 4 is 22.6 Å². The number of fused-ring (bicyclic) bond motifs is 1. The maximum absolute atomic E-state index is 12.1. The van der Waals surface area contributed by atoms with Crippen molar-refractivity contribution in [3.63, 3.8) is 0 Å². The molecule has 3 aromatic carbocycles. The highest BCUT2D eigenvalue weighted by molar-refractivity contribution is 5.94. The van der Waals surface area contributed by atoms with Crippen LogP contribution in [0.15, 0.2) is 82.0 Å². The second-order valence-electron chi connectivity index (χ2n) is 7.49. The molecule has 0 fully saturated rings. The Bertz CT molecular complexity index is 1380. The fraction of sp³-hybridized carbons (Fsp3) is 0.120. The number of nitrogens with zero attached hydrogens (tertiary/aromatic N) is 1. The summed E-state index contributed by atoms with van der Waals surface area (Å²) < 4.78 is 10.9. The van der Waals surface area contributed by atoms with Crippen LogP contribution in [-0.2, 0) is 11.3 Å². The Balaban J connectivity index is 1.47. The number of nitro benzene ring substituents is 1. The summed E-state index contributed by atoms with van der Waals surface area (Å²) in [5, 5.41) is 14.3. The lowest BCUT2D eigenvalue weighted by molar-refractivity contribution is -0.384. The van der Waals surface area contributed by atoms with E-state index in [4.69, 9.17) is 9.15 Å². The molecule has 0 unspecified atom stereocenters. The number of nitrogens with one attached hydrogen (secondary N) is 1. The number of hydrogen-bond donors (Lipinski definition) is 1. The van der Waals surface area contributed by atoms with Crippen LogP contribution in [0.5, 0.6) is 5.75 Å². The van der Waals surface area contributed by atoms with E-state index in [1.165, 1.54) is 18.2 Å². The van der Waals surface area contributed by atoms with Crippen molar-refractivity contribution in [2.45, 2.75) is 13.5 Å². The molecule has 4 aromatic rings. The zero-order chi connectivity index (χ0) is 23.4. The van der Waals surface area contributed by atoms with Crippen LogP contribution in [0.25, 0.3) is 22.1 Å². The maximum Gasteiger partial charge on any atom is 0.336 e. The van der Waals surface area contributed by atoms with Gasteiger partial charge in [-0.25, -0.2) is 4.79 Å². The van der Waals surface area contributed by atoms with Crippen molar-refractivity contribution in [2.24, 2.45) is 0 Å². The summed E-state index contributed by atoms with van der Waals surface area (Å²) in [5.74, 6) is 0.0914. The van der Waals surface area contributed by atoms with E-state index < -0.39 is 10.5 Å². The van der Waals surface area contributed by atoms with Gasteiger partial charge in [-0.2, -0.15) is 0 Å². The van der Waals surface area contributed by atoms with Crippen molar-refractivity contribution in [1.29, 1.82) is 0 Å². The Morgan fingerprint density at radius 1 is 1.03 bits per heavy atom. The second-order valence-corrected chi connectivity index (χ2v) is 7.49. The van der Waals surface area contributed by atoms with Crippen LogP contribution in [0.3, 0.4) is 0 Å². The number of aryl methyl sites for hydroxylation is 1. The third-order valence-corrected chi connectivity index (χ3v) is 5.09. The number of rotatable bonds is 7. The fourth-order valence-electron chi connectivity index (χ4n) is 3.34. The molecule has 4 rings (SSSR count). The molecule has 0 saturated carbocycles. The van der Waals surface area contributed by atoms with Crippen molar-refractivity contribution in [3.8, 4) is 16.9 Å². The highest BCUT2D eigenvalue weighted by atomic mass is 16.6. The van der Waals surface area contributed by atoms with Gasteiger partial charge in [-0.1, -0.05) is 29.8 Å². The van der Waals surface area contributed by atoms with Crippen molar-refractivity contribution in [3.05, 3.63) is 104 Å². The summed E-state index contributed by atoms with van der Waals surface area (Å²) in [5.41, 5.74) is 3.04. The molecule has 1 N–H and O–H groups in total. The predicted octanol–water partition coefficient (Wildman–Crippen LogP) is 4.37. The molecule has 0 aliphatic rings. The second kappa shape index (κ2) is 9.35. The van der Waals surface area contributed by atoms with Crippen LogP contribution < -0.4 is 15.7 Å². The Kier molecular flexibility index (Phi) is 6.17. The van der Waals surface area contributed by atoms with E-state index in [2.05, 4.69) is 5.32 Å². The van der Waals surface area contributed by atoms with Crippen LogP contribution in [0.2, 0.25) is 0 Å². The number of ether oxygens (including phenoxy) is 1. The average molecular weight is 444 g/mol. The van der Waals surface area contributed by atoms with Crippen molar-refractivity contribution in [2.75, 3.05) is 6.61 Å². The molecule has 0 radical (unpaired) electrons. The minimum absolute atomic E-state index is 0.0395. The molecule has 0 aliphatic heterocycles. The van der Waals surface area contributed by atoms with E-state index >= 15 is 0 Å². The van der Waals surface area contributed by atoms with Crippen LogP contribution in [0, 0.1) is 17.0 Å². The molecular formula is C25H20N2O6. The monoisotopic (exact) mass is 444 g/mol. The van der Waals surface area contributed by atoms with Crippen molar-refractivity contribution < 1.29 is 18.9 Å². The Morgan fingerprint density at radius 3 is 2.45 bits per heavy atom. The van der Waals surface area contributed by atoms with E-state index in [0.717, 1.165) is 11.1 Å². The van der Waals surface area contributed by atoms with Crippen LogP contribution in [0.4, 0.5) is 5.69 Å². The number of hydrogen-bond acceptors (Lipinski definition) is 6. The average Bonchev–Trinajstić information content (AvgIpc) is 2.81. The van der Waals surface area contributed by atoms with Crippen LogP contribution >= 0.6 is 0 Å². The fourth-order valence-corrected chi connectivity index (χ4v) is 3.34. The molecule has 0 aliphatic carbocycles. The lowest BCUT2D eigenvalue weighted by atomic mass is 10.0. The molecule has 1 aromatic heterocycles. The maximum atomic E-state index is 12.1. The van der Waals surface area contributed by atoms with Gasteiger partial charge in [-0.05, 0) is 47.9 Å². The SMILES string of the molecule is Cc1ccc(CNC(=O)COc2ccc3c(-c4ccc([N+](=O)[O-])cc4)cc(=O)oc3c2)cc1. The molecule has 0 atom stereocenters. The first-order valence-corrected chi connectivity index (χ1v) is 10.2. The van der Waals surface area contributed by atoms with E-state index in [1.807, 2.05) is 31.2 Å². The molecule has 8 nitrogen and oxygen atoms in total. The highest BCUT2D eigenvalue weighted by Crippen LogP contribution is 2.30. The van der Waals surface area contributed by atoms with Gasteiger partial charge < -0.3 is 14.5 Å². The molecule has 166 valence electrons. The first kappa shape index (κ1) is 21.8. The topological polar surface area (TPSA) is 112 Å². The summed E-state index contributed by atoms with van der Waals surface area (Å²) in [6.45, 7) is 2.20. The third kappa shape index (κ3) is 5.24. The Morgan fingerprint density at radius 2 is 1.76 bits per heavy atom. The minimum Gasteiger partial charge on any atom is -0.484 e. The number of carbonyl (C=O) groups is 1. The Hall–Kier alpha value is -4.46. The predicted molar refractivity (Wildman–Crippen MR) is 123 cm³/mol. The zero-order valence-corrected chi connectivity index (χ0v) is 17.7. The number of carbonyl (C=O) groups excluding carboxylic acids is 1. The quantitative estimate of drug-likeness (QED) is 0.257. The number of amides is 1. The number of non-ortho nitro benzene ring substituents is 1. The summed E-state index contributed by atoms with van der Waals surface area (Å²) in [6.07, 6.45) is 0. The minimum atomic E-state index is -0.566. The number of nitro groups is 1. The number of benzene rings is 3. The molecular weight excluding hydrogens is 424 g/mol. The van der Waals surface area contributed by atoms with Gasteiger partial charge in [0.05, 0.1) is 4.92 Å². The molecule has 8 heteroatoms. The lowest BCUT2D eigenvalue weighted by Gasteiger charge is -2.10. The summed E-state index contributed by atoms with van der Waals surface area (Å²) in [4.78, 5) is 34.6. The summed E-state index contributed by atoms with van der Waals surface area (Å²) >= 11 is 0. The van der Waals surface area contributed by atoms with Gasteiger partial charge in [0.15, 0.2) is 6.61 Å². The first-order valence-electron chi connectivity index (χ1n) is 10.2.